The summed E-state index contributed by atoms with van der Waals surface area (Å²) >= 11 is 0. The lowest BCUT2D eigenvalue weighted by Gasteiger charge is -2.35. The Labute approximate surface area is 305 Å². The Morgan fingerprint density at radius 2 is 1.83 bits per heavy atom. The maximum Gasteiger partial charge on any atom is 0.407 e. The highest BCUT2D eigenvalue weighted by Gasteiger charge is 2.62. The van der Waals surface area contributed by atoms with Gasteiger partial charge in [-0.2, -0.15) is 0 Å². The summed E-state index contributed by atoms with van der Waals surface area (Å²) in [5, 5.41) is 6.35. The van der Waals surface area contributed by atoms with Gasteiger partial charge in [-0.15, -0.1) is 6.58 Å². The molecule has 3 N–H and O–H groups in total. The maximum absolute atomic E-state index is 14.5. The van der Waals surface area contributed by atoms with E-state index in [1.165, 1.54) is 11.0 Å². The highest BCUT2D eigenvalue weighted by molar-refractivity contribution is 7.90. The number of fused-ring (bicyclic) bond motifs is 1. The number of amides is 4. The Kier molecular flexibility index (Phi) is 10.9. The number of hydrogen-bond acceptors (Lipinski definition) is 10. The Morgan fingerprint density at radius 3 is 2.40 bits per heavy atom. The predicted molar refractivity (Wildman–Crippen MR) is 194 cm³/mol. The third-order valence-electron chi connectivity index (χ3n) is 9.85. The molecule has 1 aliphatic heterocycles. The van der Waals surface area contributed by atoms with Crippen LogP contribution in [-0.4, -0.2) is 91.4 Å². The first-order valence-electron chi connectivity index (χ1n) is 17.6. The number of carbonyl (C=O) groups is 4. The van der Waals surface area contributed by atoms with E-state index >= 15 is 0 Å². The van der Waals surface area contributed by atoms with Crippen LogP contribution >= 0.6 is 0 Å². The molecule has 4 amide bonds. The fourth-order valence-corrected chi connectivity index (χ4v) is 8.02. The van der Waals surface area contributed by atoms with Crippen molar-refractivity contribution in [2.45, 2.75) is 103 Å². The zero-order valence-corrected chi connectivity index (χ0v) is 31.8. The van der Waals surface area contributed by atoms with Gasteiger partial charge >= 0.3 is 6.09 Å². The topological polar surface area (TPSA) is 182 Å². The Balaban J connectivity index is 1.43. The SMILES string of the molecule is C=C[C@@H]1C[C@]1(NC(=O)C1C[C@@H](Oc2nccc3cc(OC)ccc23)CN1C(=O)[C@@H](NC(=O)OCC(C)(C)C)C(C)(C)C)C(=O)NS(=O)(=O)C1CCC1. The predicted octanol–water partition coefficient (Wildman–Crippen LogP) is 3.84. The van der Waals surface area contributed by atoms with Crippen molar-refractivity contribution >= 4 is 44.6 Å². The summed E-state index contributed by atoms with van der Waals surface area (Å²) in [6.45, 7) is 14.9. The molecular formula is C37H51N5O9S. The maximum atomic E-state index is 14.5. The number of benzene rings is 1. The number of carbonyl (C=O) groups excluding carboxylic acids is 4. The van der Waals surface area contributed by atoms with E-state index in [9.17, 15) is 27.6 Å². The summed E-state index contributed by atoms with van der Waals surface area (Å²) in [7, 11) is -2.36. The molecule has 3 fully saturated rings. The normalized spacial score (nSPS) is 23.9. The number of rotatable bonds is 12. The van der Waals surface area contributed by atoms with E-state index in [1.807, 2.05) is 39.0 Å². The lowest BCUT2D eigenvalue weighted by Crippen LogP contribution is -2.60. The molecule has 5 atom stereocenters. The number of likely N-dealkylation sites (tertiary alicyclic amines) is 1. The van der Waals surface area contributed by atoms with Crippen LogP contribution in [0.3, 0.4) is 0 Å². The molecule has 2 heterocycles. The van der Waals surface area contributed by atoms with E-state index in [4.69, 9.17) is 14.2 Å². The molecule has 2 aromatic rings. The van der Waals surface area contributed by atoms with Crippen molar-refractivity contribution in [2.24, 2.45) is 16.7 Å². The van der Waals surface area contributed by atoms with Gasteiger partial charge in [0.25, 0.3) is 5.91 Å². The average Bonchev–Trinajstić information content (AvgIpc) is 3.59. The first kappa shape index (κ1) is 38.8. The molecule has 1 aromatic heterocycles. The number of aromatic nitrogens is 1. The van der Waals surface area contributed by atoms with Crippen LogP contribution in [0.15, 0.2) is 43.1 Å². The molecule has 1 aromatic carbocycles. The van der Waals surface area contributed by atoms with Gasteiger partial charge in [-0.25, -0.2) is 18.2 Å². The number of pyridine rings is 1. The number of methoxy groups -OCH3 is 1. The van der Waals surface area contributed by atoms with Crippen LogP contribution in [0, 0.1) is 16.7 Å². The summed E-state index contributed by atoms with van der Waals surface area (Å²) in [5.74, 6) is -1.64. The van der Waals surface area contributed by atoms with Crippen LogP contribution in [0.4, 0.5) is 4.79 Å². The summed E-state index contributed by atoms with van der Waals surface area (Å²) in [6, 6.07) is 4.98. The van der Waals surface area contributed by atoms with Crippen LogP contribution < -0.4 is 24.8 Å². The number of ether oxygens (including phenoxy) is 3. The monoisotopic (exact) mass is 741 g/mol. The third-order valence-corrected chi connectivity index (χ3v) is 11.7. The fraction of sp³-hybridized carbons (Fsp3) is 0.595. The summed E-state index contributed by atoms with van der Waals surface area (Å²) < 4.78 is 45.1. The zero-order valence-electron chi connectivity index (χ0n) is 31.0. The van der Waals surface area contributed by atoms with Gasteiger partial charge < -0.3 is 29.7 Å². The zero-order chi connectivity index (χ0) is 38.2. The molecule has 14 nitrogen and oxygen atoms in total. The minimum absolute atomic E-state index is 0.0218. The lowest BCUT2D eigenvalue weighted by molar-refractivity contribution is -0.142. The van der Waals surface area contributed by atoms with Crippen LogP contribution in [0.5, 0.6) is 11.6 Å². The Bertz CT molecular complexity index is 1830. The van der Waals surface area contributed by atoms with Crippen LogP contribution in [0.2, 0.25) is 0 Å². The van der Waals surface area contributed by atoms with Gasteiger partial charge in [0.05, 0.1) is 25.5 Å². The molecule has 284 valence electrons. The highest BCUT2D eigenvalue weighted by Crippen LogP contribution is 2.45. The van der Waals surface area contributed by atoms with E-state index in [1.54, 1.807) is 40.1 Å². The molecule has 2 saturated carbocycles. The summed E-state index contributed by atoms with van der Waals surface area (Å²) in [5.41, 5.74) is -2.68. The summed E-state index contributed by atoms with van der Waals surface area (Å²) in [6.07, 6.45) is 3.44. The molecule has 0 bridgehead atoms. The molecule has 1 unspecified atom stereocenters. The standard InChI is InChI=1S/C37H51N5O9S/c1-9-23-19-37(23,33(45)41-52(47,48)26-11-10-12-26)40-30(43)28-18-25(51-31-27-14-13-24(49-8)17-22(27)15-16-38-31)20-42(28)32(44)29(36(5,6)7)39-34(46)50-21-35(2,3)4/h9,13-17,23,25-26,28-29H,1,10-12,18-21H2,2-8H3,(H,39,46)(H,40,43)(H,41,45)/t23-,25-,28?,29-,37-/m1/s1. The fourth-order valence-electron chi connectivity index (χ4n) is 6.46. The van der Waals surface area contributed by atoms with E-state index in [0.29, 0.717) is 29.9 Å². The molecule has 3 aliphatic rings. The second-order valence-corrected chi connectivity index (χ2v) is 18.3. The number of sulfonamides is 1. The largest absolute Gasteiger partial charge is 0.497 e. The average molecular weight is 742 g/mol. The molecule has 15 heteroatoms. The first-order valence-corrected chi connectivity index (χ1v) is 19.2. The number of nitrogens with zero attached hydrogens (tertiary/aromatic N) is 2. The molecule has 0 spiro atoms. The summed E-state index contributed by atoms with van der Waals surface area (Å²) in [4.78, 5) is 61.0. The molecule has 0 radical (unpaired) electrons. The van der Waals surface area contributed by atoms with Crippen molar-refractivity contribution < 1.29 is 41.8 Å². The van der Waals surface area contributed by atoms with Gasteiger partial charge in [0.2, 0.25) is 27.7 Å². The second kappa shape index (κ2) is 14.6. The smallest absolute Gasteiger partial charge is 0.407 e. The second-order valence-electron chi connectivity index (χ2n) is 16.3. The van der Waals surface area contributed by atoms with Gasteiger partial charge in [0.1, 0.15) is 29.5 Å². The van der Waals surface area contributed by atoms with Crippen LogP contribution in [0.1, 0.15) is 73.6 Å². The van der Waals surface area contributed by atoms with Crippen LogP contribution in [0.25, 0.3) is 10.8 Å². The highest BCUT2D eigenvalue weighted by atomic mass is 32.2. The molecule has 1 saturated heterocycles. The Morgan fingerprint density at radius 1 is 1.12 bits per heavy atom. The van der Waals surface area contributed by atoms with Crippen molar-refractivity contribution in [3.05, 3.63) is 43.1 Å². The van der Waals surface area contributed by atoms with Gasteiger partial charge in [-0.05, 0) is 59.7 Å². The minimum Gasteiger partial charge on any atom is -0.497 e. The quantitative estimate of drug-likeness (QED) is 0.271. The van der Waals surface area contributed by atoms with Crippen molar-refractivity contribution in [2.75, 3.05) is 20.3 Å². The van der Waals surface area contributed by atoms with Crippen molar-refractivity contribution in [1.29, 1.82) is 0 Å². The van der Waals surface area contributed by atoms with E-state index in [2.05, 4.69) is 26.9 Å². The minimum atomic E-state index is -3.93. The Hall–Kier alpha value is -4.40. The molecular weight excluding hydrogens is 691 g/mol. The first-order chi connectivity index (χ1) is 24.3. The van der Waals surface area contributed by atoms with Gasteiger partial charge in [0, 0.05) is 23.9 Å². The lowest BCUT2D eigenvalue weighted by atomic mass is 9.85. The van der Waals surface area contributed by atoms with E-state index in [0.717, 1.165) is 11.8 Å². The van der Waals surface area contributed by atoms with Crippen molar-refractivity contribution in [3.8, 4) is 11.6 Å². The number of nitrogens with one attached hydrogen (secondary N) is 3. The molecule has 5 rings (SSSR count). The van der Waals surface area contributed by atoms with Gasteiger partial charge in [-0.3, -0.25) is 19.1 Å². The third kappa shape index (κ3) is 8.45. The van der Waals surface area contributed by atoms with E-state index < -0.39 is 74.1 Å². The van der Waals surface area contributed by atoms with Crippen molar-refractivity contribution in [1.82, 2.24) is 25.2 Å². The molecule has 2 aliphatic carbocycles. The van der Waals surface area contributed by atoms with Crippen LogP contribution in [-0.2, 0) is 29.1 Å². The number of alkyl carbamates (subject to hydrolysis) is 1. The number of hydrogen-bond donors (Lipinski definition) is 3. The van der Waals surface area contributed by atoms with Gasteiger partial charge in [-0.1, -0.05) is 54.0 Å². The van der Waals surface area contributed by atoms with Gasteiger partial charge in [0.15, 0.2) is 0 Å². The van der Waals surface area contributed by atoms with Crippen molar-refractivity contribution in [3.63, 3.8) is 0 Å². The molecule has 52 heavy (non-hydrogen) atoms. The van der Waals surface area contributed by atoms with E-state index in [-0.39, 0.29) is 31.4 Å².